The van der Waals surface area contributed by atoms with Gasteiger partial charge < -0.3 is 15.7 Å². The van der Waals surface area contributed by atoms with E-state index >= 15 is 0 Å². The van der Waals surface area contributed by atoms with E-state index in [0.29, 0.717) is 13.0 Å². The maximum absolute atomic E-state index is 11.6. The molecule has 1 rings (SSSR count). The van der Waals surface area contributed by atoms with Gasteiger partial charge in [0.1, 0.15) is 0 Å². The van der Waals surface area contributed by atoms with Crippen molar-refractivity contribution in [3.05, 3.63) is 0 Å². The van der Waals surface area contributed by atoms with E-state index in [0.717, 1.165) is 32.2 Å². The van der Waals surface area contributed by atoms with Gasteiger partial charge in [0.15, 0.2) is 0 Å². The smallest absolute Gasteiger partial charge is 0.303 e. The van der Waals surface area contributed by atoms with Crippen molar-refractivity contribution in [2.24, 2.45) is 0 Å². The van der Waals surface area contributed by atoms with Gasteiger partial charge in [-0.2, -0.15) is 0 Å². The number of hydrogen-bond donors (Lipinski definition) is 3. The lowest BCUT2D eigenvalue weighted by Gasteiger charge is -2.22. The Labute approximate surface area is 95.6 Å². The Morgan fingerprint density at radius 2 is 2.12 bits per heavy atom. The lowest BCUT2D eigenvalue weighted by atomic mass is 10.0. The number of amides is 1. The fraction of sp³-hybridized carbons (Fsp3) is 0.818. The van der Waals surface area contributed by atoms with Crippen LogP contribution in [0, 0.1) is 0 Å². The second-order valence-corrected chi connectivity index (χ2v) is 4.14. The molecule has 5 heteroatoms. The van der Waals surface area contributed by atoms with E-state index in [2.05, 4.69) is 10.6 Å². The third-order valence-electron chi connectivity index (χ3n) is 2.74. The van der Waals surface area contributed by atoms with E-state index in [-0.39, 0.29) is 18.4 Å². The molecule has 0 aromatic rings. The first-order valence-corrected chi connectivity index (χ1v) is 5.93. The Hall–Kier alpha value is -1.10. The number of unbranched alkanes of at least 4 members (excludes halogenated alkanes) is 1. The Bertz CT molecular complexity index is 237. The van der Waals surface area contributed by atoms with Crippen LogP contribution in [-0.2, 0) is 9.59 Å². The van der Waals surface area contributed by atoms with E-state index in [1.165, 1.54) is 0 Å². The standard InChI is InChI=1S/C11H20N2O3/c14-10(15)6-2-4-8-13-11(16)9-5-1-3-7-12-9/h9,12H,1-8H2,(H,13,16)(H,14,15)/t9-/m0/s1. The molecule has 1 aliphatic rings. The fourth-order valence-electron chi connectivity index (χ4n) is 1.81. The molecule has 0 spiro atoms. The predicted molar refractivity (Wildman–Crippen MR) is 60.1 cm³/mol. The lowest BCUT2D eigenvalue weighted by molar-refractivity contribution is -0.137. The number of carbonyl (C=O) groups excluding carboxylic acids is 1. The zero-order valence-electron chi connectivity index (χ0n) is 9.50. The third kappa shape index (κ3) is 5.11. The summed E-state index contributed by atoms with van der Waals surface area (Å²) < 4.78 is 0. The quantitative estimate of drug-likeness (QED) is 0.578. The summed E-state index contributed by atoms with van der Waals surface area (Å²) in [5, 5.41) is 14.4. The van der Waals surface area contributed by atoms with Crippen molar-refractivity contribution in [1.29, 1.82) is 0 Å². The molecule has 1 aliphatic heterocycles. The van der Waals surface area contributed by atoms with Crippen molar-refractivity contribution >= 4 is 11.9 Å². The maximum Gasteiger partial charge on any atom is 0.303 e. The molecule has 0 aromatic carbocycles. The highest BCUT2D eigenvalue weighted by Crippen LogP contribution is 2.06. The summed E-state index contributed by atoms with van der Waals surface area (Å²) in [5.41, 5.74) is 0. The van der Waals surface area contributed by atoms with Crippen LogP contribution in [0.15, 0.2) is 0 Å². The Balaban J connectivity index is 2.03. The molecule has 1 amide bonds. The molecule has 1 atom stereocenters. The number of carboxylic acids is 1. The molecular weight excluding hydrogens is 208 g/mol. The van der Waals surface area contributed by atoms with Gasteiger partial charge in [-0.15, -0.1) is 0 Å². The molecule has 16 heavy (non-hydrogen) atoms. The van der Waals surface area contributed by atoms with E-state index in [4.69, 9.17) is 5.11 Å². The minimum absolute atomic E-state index is 0.0479. The van der Waals surface area contributed by atoms with E-state index in [1.807, 2.05) is 0 Å². The van der Waals surface area contributed by atoms with E-state index < -0.39 is 5.97 Å². The first-order chi connectivity index (χ1) is 7.70. The molecule has 0 unspecified atom stereocenters. The molecule has 5 nitrogen and oxygen atoms in total. The molecule has 0 aromatic heterocycles. The molecule has 0 saturated carbocycles. The van der Waals surface area contributed by atoms with E-state index in [9.17, 15) is 9.59 Å². The van der Waals surface area contributed by atoms with Gasteiger partial charge in [0.25, 0.3) is 0 Å². The number of nitrogens with one attached hydrogen (secondary N) is 2. The van der Waals surface area contributed by atoms with Gasteiger partial charge in [-0.1, -0.05) is 6.42 Å². The monoisotopic (exact) mass is 228 g/mol. The fourth-order valence-corrected chi connectivity index (χ4v) is 1.81. The number of carboxylic acid groups (broad SMARTS) is 1. The first-order valence-electron chi connectivity index (χ1n) is 5.93. The summed E-state index contributed by atoms with van der Waals surface area (Å²) >= 11 is 0. The molecule has 92 valence electrons. The highest BCUT2D eigenvalue weighted by Gasteiger charge is 2.19. The van der Waals surface area contributed by atoms with Crippen LogP contribution in [0.4, 0.5) is 0 Å². The van der Waals surface area contributed by atoms with Gasteiger partial charge in [-0.05, 0) is 32.2 Å². The molecule has 3 N–H and O–H groups in total. The van der Waals surface area contributed by atoms with Crippen LogP contribution in [-0.4, -0.2) is 36.1 Å². The predicted octanol–water partition coefficient (Wildman–Crippen LogP) is 0.500. The molecular formula is C11H20N2O3. The summed E-state index contributed by atoms with van der Waals surface area (Å²) in [7, 11) is 0. The van der Waals surface area contributed by atoms with Gasteiger partial charge in [0.05, 0.1) is 6.04 Å². The molecule has 0 aliphatic carbocycles. The molecule has 1 fully saturated rings. The van der Waals surface area contributed by atoms with Crippen LogP contribution in [0.25, 0.3) is 0 Å². The van der Waals surface area contributed by atoms with E-state index in [1.54, 1.807) is 0 Å². The van der Waals surface area contributed by atoms with Gasteiger partial charge in [-0.3, -0.25) is 9.59 Å². The zero-order valence-corrected chi connectivity index (χ0v) is 9.50. The zero-order chi connectivity index (χ0) is 11.8. The first kappa shape index (κ1) is 13.0. The van der Waals surface area contributed by atoms with Crippen molar-refractivity contribution < 1.29 is 14.7 Å². The largest absolute Gasteiger partial charge is 0.481 e. The summed E-state index contributed by atoms with van der Waals surface area (Å²) in [6.07, 6.45) is 4.67. The van der Waals surface area contributed by atoms with Crippen molar-refractivity contribution in [2.75, 3.05) is 13.1 Å². The summed E-state index contributed by atoms with van der Waals surface area (Å²) in [6, 6.07) is -0.0479. The van der Waals surface area contributed by atoms with Crippen LogP contribution in [0.3, 0.4) is 0 Å². The summed E-state index contributed by atoms with van der Waals surface area (Å²) in [6.45, 7) is 1.49. The van der Waals surface area contributed by atoms with Crippen LogP contribution >= 0.6 is 0 Å². The van der Waals surface area contributed by atoms with Crippen molar-refractivity contribution in [3.8, 4) is 0 Å². The average molecular weight is 228 g/mol. The minimum Gasteiger partial charge on any atom is -0.481 e. The third-order valence-corrected chi connectivity index (χ3v) is 2.74. The number of carbonyl (C=O) groups is 2. The highest BCUT2D eigenvalue weighted by molar-refractivity contribution is 5.81. The second-order valence-electron chi connectivity index (χ2n) is 4.14. The van der Waals surface area contributed by atoms with Crippen LogP contribution in [0.1, 0.15) is 38.5 Å². The van der Waals surface area contributed by atoms with Crippen molar-refractivity contribution in [2.45, 2.75) is 44.6 Å². The average Bonchev–Trinajstić information content (AvgIpc) is 2.29. The number of piperidine rings is 1. The minimum atomic E-state index is -0.778. The van der Waals surface area contributed by atoms with Crippen molar-refractivity contribution in [3.63, 3.8) is 0 Å². The van der Waals surface area contributed by atoms with Gasteiger partial charge in [0, 0.05) is 13.0 Å². The lowest BCUT2D eigenvalue weighted by Crippen LogP contribution is -2.46. The number of rotatable bonds is 6. The SMILES string of the molecule is O=C(O)CCCCNC(=O)[C@@H]1CCCCN1. The maximum atomic E-state index is 11.6. The Morgan fingerprint density at radius 1 is 1.31 bits per heavy atom. The Morgan fingerprint density at radius 3 is 2.75 bits per heavy atom. The molecule has 1 saturated heterocycles. The van der Waals surface area contributed by atoms with Gasteiger partial charge in [0.2, 0.25) is 5.91 Å². The number of aliphatic carboxylic acids is 1. The van der Waals surface area contributed by atoms with Crippen LogP contribution in [0.5, 0.6) is 0 Å². The van der Waals surface area contributed by atoms with Gasteiger partial charge >= 0.3 is 5.97 Å². The van der Waals surface area contributed by atoms with Crippen LogP contribution in [0.2, 0.25) is 0 Å². The highest BCUT2D eigenvalue weighted by atomic mass is 16.4. The topological polar surface area (TPSA) is 78.4 Å². The van der Waals surface area contributed by atoms with Crippen molar-refractivity contribution in [1.82, 2.24) is 10.6 Å². The van der Waals surface area contributed by atoms with Crippen LogP contribution < -0.4 is 10.6 Å². The van der Waals surface area contributed by atoms with Gasteiger partial charge in [-0.25, -0.2) is 0 Å². The summed E-state index contributed by atoms with van der Waals surface area (Å²) in [5.74, 6) is -0.727. The molecule has 0 bridgehead atoms. The summed E-state index contributed by atoms with van der Waals surface area (Å²) in [4.78, 5) is 21.9. The normalized spacial score (nSPS) is 20.4. The number of hydrogen-bond acceptors (Lipinski definition) is 3. The Kier molecular flexibility index (Phi) is 5.85. The molecule has 1 heterocycles. The molecule has 0 radical (unpaired) electrons. The second kappa shape index (κ2) is 7.22.